The molecule has 3 fully saturated rings. The lowest BCUT2D eigenvalue weighted by Crippen LogP contribution is -2.55. The van der Waals surface area contributed by atoms with E-state index in [1.165, 1.54) is 29.9 Å². The molecule has 0 aliphatic carbocycles. The third kappa shape index (κ3) is 6.77. The Morgan fingerprint density at radius 2 is 1.62 bits per heavy atom. The summed E-state index contributed by atoms with van der Waals surface area (Å²) in [5.41, 5.74) is 1.33. The van der Waals surface area contributed by atoms with E-state index >= 15 is 0 Å². The molecule has 1 N–H and O–H groups in total. The van der Waals surface area contributed by atoms with Crippen LogP contribution >= 0.6 is 23.2 Å². The number of hydrogen-bond acceptors (Lipinski definition) is 5. The summed E-state index contributed by atoms with van der Waals surface area (Å²) in [4.78, 5) is 32.4. The van der Waals surface area contributed by atoms with Gasteiger partial charge in [0.1, 0.15) is 6.04 Å². The molecule has 5 rings (SSSR count). The van der Waals surface area contributed by atoms with E-state index in [1.807, 2.05) is 4.90 Å². The van der Waals surface area contributed by atoms with Crippen molar-refractivity contribution in [2.75, 3.05) is 39.3 Å². The molecule has 0 bridgehead atoms. The van der Waals surface area contributed by atoms with Gasteiger partial charge in [-0.2, -0.15) is 4.72 Å². The van der Waals surface area contributed by atoms with Crippen molar-refractivity contribution in [3.63, 3.8) is 0 Å². The van der Waals surface area contributed by atoms with Crippen LogP contribution in [0.3, 0.4) is 0 Å². The van der Waals surface area contributed by atoms with Crippen molar-refractivity contribution in [2.45, 2.75) is 55.5 Å². The van der Waals surface area contributed by atoms with Crippen molar-refractivity contribution in [1.29, 1.82) is 0 Å². The maximum absolute atomic E-state index is 13.3. The highest BCUT2D eigenvalue weighted by Gasteiger charge is 2.36. The summed E-state index contributed by atoms with van der Waals surface area (Å²) in [7, 11) is -4.00. The van der Waals surface area contributed by atoms with E-state index in [4.69, 9.17) is 23.2 Å². The lowest BCUT2D eigenvalue weighted by Gasteiger charge is -2.34. The summed E-state index contributed by atoms with van der Waals surface area (Å²) in [6.45, 7) is 4.20. The molecular formula is C28H34Cl2N4O4S. The minimum atomic E-state index is -4.00. The molecule has 2 amide bonds. The van der Waals surface area contributed by atoms with Crippen molar-refractivity contribution >= 4 is 45.0 Å². The number of carbonyl (C=O) groups is 2. The Balaban J connectivity index is 1.24. The molecule has 3 aliphatic heterocycles. The van der Waals surface area contributed by atoms with Gasteiger partial charge in [0.25, 0.3) is 0 Å². The summed E-state index contributed by atoms with van der Waals surface area (Å²) in [6, 6.07) is 10.7. The first-order chi connectivity index (χ1) is 18.7. The highest BCUT2D eigenvalue weighted by atomic mass is 35.5. The Morgan fingerprint density at radius 3 is 2.36 bits per heavy atom. The number of rotatable bonds is 8. The van der Waals surface area contributed by atoms with E-state index in [-0.39, 0.29) is 29.3 Å². The van der Waals surface area contributed by atoms with Crippen molar-refractivity contribution < 1.29 is 18.0 Å². The molecule has 3 saturated heterocycles. The summed E-state index contributed by atoms with van der Waals surface area (Å²) < 4.78 is 29.2. The lowest BCUT2D eigenvalue weighted by molar-refractivity contribution is -0.143. The number of sulfonamides is 1. The number of amides is 2. The van der Waals surface area contributed by atoms with Crippen molar-refractivity contribution in [3.05, 3.63) is 52.5 Å². The molecule has 2 aromatic carbocycles. The number of benzene rings is 2. The van der Waals surface area contributed by atoms with Crippen molar-refractivity contribution in [3.8, 4) is 11.1 Å². The quantitative estimate of drug-likeness (QED) is 0.500. The van der Waals surface area contributed by atoms with Gasteiger partial charge >= 0.3 is 0 Å². The Morgan fingerprint density at radius 1 is 0.897 bits per heavy atom. The predicted molar refractivity (Wildman–Crippen MR) is 152 cm³/mol. The van der Waals surface area contributed by atoms with E-state index in [2.05, 4.69) is 9.62 Å². The molecule has 0 aromatic heterocycles. The van der Waals surface area contributed by atoms with Crippen LogP contribution in [0.25, 0.3) is 11.1 Å². The molecule has 3 aliphatic rings. The fraction of sp³-hybridized carbons (Fsp3) is 0.500. The zero-order valence-electron chi connectivity index (χ0n) is 21.8. The van der Waals surface area contributed by atoms with Crippen LogP contribution in [-0.4, -0.2) is 86.3 Å². The van der Waals surface area contributed by atoms with Gasteiger partial charge in [0, 0.05) is 35.7 Å². The third-order valence-electron chi connectivity index (χ3n) is 7.86. The first-order valence-electron chi connectivity index (χ1n) is 13.6. The normalized spacial score (nSPS) is 22.6. The van der Waals surface area contributed by atoms with Crippen LogP contribution in [0.15, 0.2) is 47.4 Å². The average molecular weight is 594 g/mol. The zero-order valence-corrected chi connectivity index (χ0v) is 24.1. The Bertz CT molecular complexity index is 1310. The van der Waals surface area contributed by atoms with Gasteiger partial charge in [0.2, 0.25) is 21.8 Å². The Hall–Kier alpha value is -2.17. The number of nitrogens with one attached hydrogen (secondary N) is 1. The van der Waals surface area contributed by atoms with Crippen molar-refractivity contribution in [2.24, 2.45) is 0 Å². The maximum atomic E-state index is 13.3. The second-order valence-corrected chi connectivity index (χ2v) is 13.2. The van der Waals surface area contributed by atoms with E-state index in [1.54, 1.807) is 30.3 Å². The Kier molecular flexibility index (Phi) is 8.83. The maximum Gasteiger partial charge on any atom is 0.242 e. The minimum Gasteiger partial charge on any atom is -0.337 e. The highest BCUT2D eigenvalue weighted by Crippen LogP contribution is 2.29. The first kappa shape index (κ1) is 28.4. The SMILES string of the molecule is O=C1C(NS(=O)(=O)c2cccc(-c3cc(Cl)cc(Cl)c3)c2)CCCN1CC(=O)N1CCCC1CN1CCCC1. The third-order valence-corrected chi connectivity index (χ3v) is 9.77. The van der Waals surface area contributed by atoms with Gasteiger partial charge in [0.15, 0.2) is 0 Å². The second-order valence-electron chi connectivity index (χ2n) is 10.7. The molecule has 3 heterocycles. The van der Waals surface area contributed by atoms with E-state index in [0.29, 0.717) is 47.1 Å². The lowest BCUT2D eigenvalue weighted by atomic mass is 10.1. The topological polar surface area (TPSA) is 90.0 Å². The van der Waals surface area contributed by atoms with Crippen LogP contribution in [0.1, 0.15) is 38.5 Å². The molecule has 11 heteroatoms. The van der Waals surface area contributed by atoms with Gasteiger partial charge in [-0.1, -0.05) is 35.3 Å². The van der Waals surface area contributed by atoms with Gasteiger partial charge in [0.05, 0.1) is 11.4 Å². The minimum absolute atomic E-state index is 0.0153. The van der Waals surface area contributed by atoms with E-state index in [9.17, 15) is 18.0 Å². The van der Waals surface area contributed by atoms with Gasteiger partial charge in [-0.3, -0.25) is 9.59 Å². The number of piperidine rings is 1. The smallest absolute Gasteiger partial charge is 0.242 e. The van der Waals surface area contributed by atoms with Crippen LogP contribution in [0.4, 0.5) is 0 Å². The van der Waals surface area contributed by atoms with Gasteiger partial charge < -0.3 is 14.7 Å². The van der Waals surface area contributed by atoms with Gasteiger partial charge in [-0.05, 0) is 93.1 Å². The van der Waals surface area contributed by atoms with E-state index in [0.717, 1.165) is 32.5 Å². The van der Waals surface area contributed by atoms with Crippen LogP contribution in [-0.2, 0) is 19.6 Å². The predicted octanol–water partition coefficient (Wildman–Crippen LogP) is 4.02. The van der Waals surface area contributed by atoms with Crippen LogP contribution < -0.4 is 4.72 Å². The van der Waals surface area contributed by atoms with Gasteiger partial charge in [-0.15, -0.1) is 0 Å². The number of nitrogens with zero attached hydrogens (tertiary/aromatic N) is 3. The van der Waals surface area contributed by atoms with Crippen LogP contribution in [0, 0.1) is 0 Å². The fourth-order valence-corrected chi connectivity index (χ4v) is 7.69. The Labute approximate surface area is 240 Å². The van der Waals surface area contributed by atoms with Gasteiger partial charge in [-0.25, -0.2) is 8.42 Å². The first-order valence-corrected chi connectivity index (χ1v) is 15.8. The zero-order chi connectivity index (χ0) is 27.6. The second kappa shape index (κ2) is 12.1. The number of halogens is 2. The molecule has 2 unspecified atom stereocenters. The molecule has 2 aromatic rings. The van der Waals surface area contributed by atoms with Crippen molar-refractivity contribution in [1.82, 2.24) is 19.4 Å². The van der Waals surface area contributed by atoms with E-state index < -0.39 is 16.1 Å². The number of carbonyl (C=O) groups excluding carboxylic acids is 2. The molecule has 39 heavy (non-hydrogen) atoms. The molecule has 0 radical (unpaired) electrons. The molecule has 210 valence electrons. The number of hydrogen-bond donors (Lipinski definition) is 1. The molecular weight excluding hydrogens is 559 g/mol. The monoisotopic (exact) mass is 592 g/mol. The summed E-state index contributed by atoms with van der Waals surface area (Å²) in [5, 5.41) is 0.894. The molecule has 8 nitrogen and oxygen atoms in total. The summed E-state index contributed by atoms with van der Waals surface area (Å²) >= 11 is 12.3. The molecule has 0 spiro atoms. The summed E-state index contributed by atoms with van der Waals surface area (Å²) in [5.74, 6) is -0.410. The highest BCUT2D eigenvalue weighted by molar-refractivity contribution is 7.89. The molecule has 2 atom stereocenters. The van der Waals surface area contributed by atoms with Crippen LogP contribution in [0.2, 0.25) is 10.0 Å². The van der Waals surface area contributed by atoms with Crippen LogP contribution in [0.5, 0.6) is 0 Å². The summed E-state index contributed by atoms with van der Waals surface area (Å²) in [6.07, 6.45) is 5.37. The standard InChI is InChI=1S/C28H34Cl2N4O4S/c29-22-14-21(15-23(30)17-22)20-6-3-8-25(16-20)39(37,38)31-26-9-5-12-33(28(26)36)19-27(35)34-13-4-7-24(34)18-32-10-1-2-11-32/h3,6,8,14-17,24,26,31H,1-2,4-5,7,9-13,18-19H2. The fourth-order valence-electron chi connectivity index (χ4n) is 5.90. The number of likely N-dealkylation sites (tertiary alicyclic amines) is 3. The molecule has 0 saturated carbocycles. The average Bonchev–Trinajstić information content (AvgIpc) is 3.58. The largest absolute Gasteiger partial charge is 0.337 e.